The molecule has 0 spiro atoms. The number of carbonyl (C=O) groups is 1. The smallest absolute Gasteiger partial charge is 0.239 e. The van der Waals surface area contributed by atoms with E-state index in [2.05, 4.69) is 10.6 Å². The molecule has 6 heteroatoms. The lowest BCUT2D eigenvalue weighted by Crippen LogP contribution is -2.29. The van der Waals surface area contributed by atoms with Gasteiger partial charge in [-0.05, 0) is 24.3 Å². The molecule has 4 nitrogen and oxygen atoms in total. The van der Waals surface area contributed by atoms with Crippen molar-refractivity contribution in [3.8, 4) is 5.75 Å². The third-order valence-electron chi connectivity index (χ3n) is 3.04. The second-order valence-electron chi connectivity index (χ2n) is 4.57. The van der Waals surface area contributed by atoms with Gasteiger partial charge in [0.05, 0.1) is 24.4 Å². The van der Waals surface area contributed by atoms with Gasteiger partial charge in [-0.1, -0.05) is 41.4 Å². The van der Waals surface area contributed by atoms with Crippen LogP contribution in [0.4, 0.5) is 5.69 Å². The van der Waals surface area contributed by atoms with Crippen molar-refractivity contribution in [3.63, 3.8) is 0 Å². The monoisotopic (exact) mass is 338 g/mol. The Kier molecular flexibility index (Phi) is 5.92. The highest BCUT2D eigenvalue weighted by molar-refractivity contribution is 6.36. The van der Waals surface area contributed by atoms with Crippen LogP contribution < -0.4 is 15.4 Å². The fraction of sp³-hybridized carbons (Fsp3) is 0.188. The standard InChI is InChI=1S/C16H16Cl2N2O2/c1-22-15-5-3-2-4-11(15)9-20-16(21)10-19-14-7-6-12(17)8-13(14)18/h2-8,19H,9-10H2,1H3,(H,20,21). The molecule has 22 heavy (non-hydrogen) atoms. The van der Waals surface area contributed by atoms with Crippen molar-refractivity contribution in [1.82, 2.24) is 5.32 Å². The Hall–Kier alpha value is -1.91. The summed E-state index contributed by atoms with van der Waals surface area (Å²) in [5, 5.41) is 6.82. The molecule has 2 aromatic rings. The molecular formula is C16H16Cl2N2O2. The van der Waals surface area contributed by atoms with Gasteiger partial charge in [-0.2, -0.15) is 0 Å². The van der Waals surface area contributed by atoms with Crippen LogP contribution in [-0.2, 0) is 11.3 Å². The number of hydrogen-bond acceptors (Lipinski definition) is 3. The number of halogens is 2. The fourth-order valence-corrected chi connectivity index (χ4v) is 2.39. The van der Waals surface area contributed by atoms with E-state index >= 15 is 0 Å². The van der Waals surface area contributed by atoms with Crippen LogP contribution in [0.15, 0.2) is 42.5 Å². The molecule has 0 heterocycles. The molecule has 0 saturated heterocycles. The van der Waals surface area contributed by atoms with Gasteiger partial charge in [-0.15, -0.1) is 0 Å². The molecule has 0 saturated carbocycles. The first kappa shape index (κ1) is 16.5. The van der Waals surface area contributed by atoms with Crippen LogP contribution in [0.5, 0.6) is 5.75 Å². The van der Waals surface area contributed by atoms with Crippen molar-refractivity contribution in [2.24, 2.45) is 0 Å². The van der Waals surface area contributed by atoms with Gasteiger partial charge in [0.2, 0.25) is 5.91 Å². The van der Waals surface area contributed by atoms with E-state index in [1.54, 1.807) is 25.3 Å². The van der Waals surface area contributed by atoms with Gasteiger partial charge in [0, 0.05) is 17.1 Å². The SMILES string of the molecule is COc1ccccc1CNC(=O)CNc1ccc(Cl)cc1Cl. The van der Waals surface area contributed by atoms with Gasteiger partial charge in [-0.3, -0.25) is 4.79 Å². The number of carbonyl (C=O) groups excluding carboxylic acids is 1. The molecule has 0 aliphatic rings. The number of methoxy groups -OCH3 is 1. The van der Waals surface area contributed by atoms with E-state index in [-0.39, 0.29) is 12.5 Å². The number of anilines is 1. The summed E-state index contributed by atoms with van der Waals surface area (Å²) in [4.78, 5) is 11.9. The van der Waals surface area contributed by atoms with Crippen molar-refractivity contribution in [2.45, 2.75) is 6.54 Å². The average Bonchev–Trinajstić information content (AvgIpc) is 2.52. The summed E-state index contributed by atoms with van der Waals surface area (Å²) in [6, 6.07) is 12.6. The van der Waals surface area contributed by atoms with E-state index in [1.165, 1.54) is 0 Å². The van der Waals surface area contributed by atoms with Crippen LogP contribution in [0.3, 0.4) is 0 Å². The zero-order chi connectivity index (χ0) is 15.9. The van der Waals surface area contributed by atoms with E-state index < -0.39 is 0 Å². The van der Waals surface area contributed by atoms with Gasteiger partial charge in [0.1, 0.15) is 5.75 Å². The molecular weight excluding hydrogens is 323 g/mol. The molecule has 116 valence electrons. The average molecular weight is 339 g/mol. The highest BCUT2D eigenvalue weighted by atomic mass is 35.5. The maximum Gasteiger partial charge on any atom is 0.239 e. The third kappa shape index (κ3) is 4.55. The van der Waals surface area contributed by atoms with E-state index in [4.69, 9.17) is 27.9 Å². The molecule has 0 atom stereocenters. The number of para-hydroxylation sites is 1. The minimum Gasteiger partial charge on any atom is -0.496 e. The molecule has 0 unspecified atom stereocenters. The third-order valence-corrected chi connectivity index (χ3v) is 3.59. The Morgan fingerprint density at radius 2 is 1.95 bits per heavy atom. The number of amides is 1. The van der Waals surface area contributed by atoms with Crippen LogP contribution in [0.25, 0.3) is 0 Å². The summed E-state index contributed by atoms with van der Waals surface area (Å²) in [5.74, 6) is 0.605. The van der Waals surface area contributed by atoms with Gasteiger partial charge >= 0.3 is 0 Å². The highest BCUT2D eigenvalue weighted by Crippen LogP contribution is 2.25. The Morgan fingerprint density at radius 3 is 2.68 bits per heavy atom. The van der Waals surface area contributed by atoms with Crippen LogP contribution in [0, 0.1) is 0 Å². The first-order chi connectivity index (χ1) is 10.6. The summed E-state index contributed by atoms with van der Waals surface area (Å²) < 4.78 is 5.24. The fourth-order valence-electron chi connectivity index (χ4n) is 1.91. The number of nitrogens with one attached hydrogen (secondary N) is 2. The van der Waals surface area contributed by atoms with E-state index in [0.717, 1.165) is 11.3 Å². The van der Waals surface area contributed by atoms with Crippen molar-refractivity contribution in [1.29, 1.82) is 0 Å². The Balaban J connectivity index is 1.85. The minimum atomic E-state index is -0.142. The normalized spacial score (nSPS) is 10.1. The largest absolute Gasteiger partial charge is 0.496 e. The molecule has 2 rings (SSSR count). The van der Waals surface area contributed by atoms with Crippen LogP contribution >= 0.6 is 23.2 Å². The van der Waals surface area contributed by atoms with Crippen molar-refractivity contribution >= 4 is 34.8 Å². The number of benzene rings is 2. The van der Waals surface area contributed by atoms with Crippen LogP contribution in [0.2, 0.25) is 10.0 Å². The Bertz CT molecular complexity index is 662. The van der Waals surface area contributed by atoms with Gasteiger partial charge < -0.3 is 15.4 Å². The lowest BCUT2D eigenvalue weighted by atomic mass is 10.2. The van der Waals surface area contributed by atoms with Crippen molar-refractivity contribution < 1.29 is 9.53 Å². The topological polar surface area (TPSA) is 50.4 Å². The zero-order valence-corrected chi connectivity index (χ0v) is 13.5. The first-order valence-corrected chi connectivity index (χ1v) is 7.43. The van der Waals surface area contributed by atoms with Crippen molar-refractivity contribution in [2.75, 3.05) is 19.0 Å². The zero-order valence-electron chi connectivity index (χ0n) is 12.0. The van der Waals surface area contributed by atoms with Crippen LogP contribution in [0.1, 0.15) is 5.56 Å². The summed E-state index contributed by atoms with van der Waals surface area (Å²) in [7, 11) is 1.60. The molecule has 2 aromatic carbocycles. The van der Waals surface area contributed by atoms with Gasteiger partial charge in [0.25, 0.3) is 0 Å². The van der Waals surface area contributed by atoms with Gasteiger partial charge in [-0.25, -0.2) is 0 Å². The Morgan fingerprint density at radius 1 is 1.18 bits per heavy atom. The molecule has 0 aromatic heterocycles. The number of rotatable bonds is 6. The lowest BCUT2D eigenvalue weighted by Gasteiger charge is -2.11. The maximum absolute atomic E-state index is 11.9. The summed E-state index contributed by atoms with van der Waals surface area (Å²) in [6.45, 7) is 0.523. The quantitative estimate of drug-likeness (QED) is 0.843. The lowest BCUT2D eigenvalue weighted by molar-refractivity contribution is -0.119. The van der Waals surface area contributed by atoms with Gasteiger partial charge in [0.15, 0.2) is 0 Å². The predicted molar refractivity (Wildman–Crippen MR) is 89.8 cm³/mol. The number of ether oxygens (including phenoxy) is 1. The predicted octanol–water partition coefficient (Wildman–Crippen LogP) is 3.73. The number of hydrogen-bond donors (Lipinski definition) is 2. The molecule has 0 fully saturated rings. The first-order valence-electron chi connectivity index (χ1n) is 6.67. The van der Waals surface area contributed by atoms with E-state index in [9.17, 15) is 4.79 Å². The van der Waals surface area contributed by atoms with E-state index in [1.807, 2.05) is 24.3 Å². The maximum atomic E-state index is 11.9. The molecule has 0 bridgehead atoms. The highest BCUT2D eigenvalue weighted by Gasteiger charge is 2.06. The minimum absolute atomic E-state index is 0.122. The van der Waals surface area contributed by atoms with Crippen LogP contribution in [-0.4, -0.2) is 19.6 Å². The Labute approximate surface area is 139 Å². The molecule has 0 aliphatic heterocycles. The van der Waals surface area contributed by atoms with E-state index in [0.29, 0.717) is 22.3 Å². The summed E-state index contributed by atoms with van der Waals surface area (Å²) in [5.41, 5.74) is 1.58. The van der Waals surface area contributed by atoms with Crippen molar-refractivity contribution in [3.05, 3.63) is 58.1 Å². The second kappa shape index (κ2) is 7.92. The molecule has 0 radical (unpaired) electrons. The summed E-state index contributed by atoms with van der Waals surface area (Å²) in [6.07, 6.45) is 0. The second-order valence-corrected chi connectivity index (χ2v) is 5.41. The summed E-state index contributed by atoms with van der Waals surface area (Å²) >= 11 is 11.9. The molecule has 2 N–H and O–H groups in total. The molecule has 1 amide bonds. The molecule has 0 aliphatic carbocycles.